The Morgan fingerprint density at radius 1 is 1.12 bits per heavy atom. The molecule has 1 aliphatic rings. The molecule has 1 aliphatic heterocycles. The van der Waals surface area contributed by atoms with Crippen molar-refractivity contribution in [3.05, 3.63) is 74.0 Å². The topological polar surface area (TPSA) is 54.3 Å². The minimum atomic E-state index is 0.0480. The lowest BCUT2D eigenvalue weighted by Gasteiger charge is -2.33. The molecule has 0 saturated carbocycles. The van der Waals surface area contributed by atoms with Crippen LogP contribution < -0.4 is 0 Å². The average Bonchev–Trinajstić information content (AvgIpc) is 3.30. The number of halogens is 1. The van der Waals surface area contributed by atoms with Crippen LogP contribution in [-0.4, -0.2) is 56.7 Å². The molecule has 6 nitrogen and oxygen atoms in total. The standard InChI is InChI=1S/C24H28ClN5OS/c1-17-22(18(2)30(27-17)14-20-6-4-5-7-23(20)25)8-9-24(31)29-12-10-28(11-13-29)15-21-16-32-19(3)26-21/h4-9,16H,10-15H2,1-3H3/b9-8+. The summed E-state index contributed by atoms with van der Waals surface area (Å²) in [6, 6.07) is 7.80. The van der Waals surface area contributed by atoms with E-state index in [0.717, 1.165) is 71.0 Å². The number of aryl methyl sites for hydroxylation is 2. The molecule has 1 fully saturated rings. The highest BCUT2D eigenvalue weighted by atomic mass is 35.5. The van der Waals surface area contributed by atoms with Gasteiger partial charge in [-0.15, -0.1) is 11.3 Å². The van der Waals surface area contributed by atoms with Gasteiger partial charge in [0.1, 0.15) is 0 Å². The Morgan fingerprint density at radius 2 is 1.88 bits per heavy atom. The largest absolute Gasteiger partial charge is 0.337 e. The van der Waals surface area contributed by atoms with Crippen LogP contribution in [0.2, 0.25) is 5.02 Å². The van der Waals surface area contributed by atoms with Gasteiger partial charge in [0.05, 0.1) is 22.9 Å². The van der Waals surface area contributed by atoms with E-state index in [9.17, 15) is 4.79 Å². The van der Waals surface area contributed by atoms with Gasteiger partial charge in [0.2, 0.25) is 5.91 Å². The number of nitrogens with zero attached hydrogens (tertiary/aromatic N) is 5. The second-order valence-corrected chi connectivity index (χ2v) is 9.60. The lowest BCUT2D eigenvalue weighted by atomic mass is 10.1. The summed E-state index contributed by atoms with van der Waals surface area (Å²) in [5, 5.41) is 8.61. The Balaban J connectivity index is 1.35. The summed E-state index contributed by atoms with van der Waals surface area (Å²) in [5.41, 5.74) is 5.06. The molecule has 1 amide bonds. The molecule has 3 aromatic rings. The first-order valence-corrected chi connectivity index (χ1v) is 12.0. The van der Waals surface area contributed by atoms with E-state index in [4.69, 9.17) is 11.6 Å². The summed E-state index contributed by atoms with van der Waals surface area (Å²) in [7, 11) is 0. The minimum absolute atomic E-state index is 0.0480. The third-order valence-corrected chi connectivity index (χ3v) is 7.04. The number of carbonyl (C=O) groups excluding carboxylic acids is 1. The highest BCUT2D eigenvalue weighted by Gasteiger charge is 2.20. The molecule has 1 saturated heterocycles. The second-order valence-electron chi connectivity index (χ2n) is 8.13. The highest BCUT2D eigenvalue weighted by Crippen LogP contribution is 2.20. The Kier molecular flexibility index (Phi) is 7.08. The van der Waals surface area contributed by atoms with Crippen LogP contribution in [0.5, 0.6) is 0 Å². The fraction of sp³-hybridized carbons (Fsp3) is 0.375. The third-order valence-electron chi connectivity index (χ3n) is 5.84. The molecular formula is C24H28ClN5OS. The van der Waals surface area contributed by atoms with Gasteiger partial charge < -0.3 is 4.90 Å². The number of aromatic nitrogens is 3. The molecule has 0 spiro atoms. The Morgan fingerprint density at radius 3 is 2.56 bits per heavy atom. The number of hydrogen-bond acceptors (Lipinski definition) is 5. The first-order chi connectivity index (χ1) is 15.4. The summed E-state index contributed by atoms with van der Waals surface area (Å²) < 4.78 is 1.94. The monoisotopic (exact) mass is 469 g/mol. The molecule has 4 rings (SSSR count). The summed E-state index contributed by atoms with van der Waals surface area (Å²) in [6.45, 7) is 10.7. The molecule has 0 bridgehead atoms. The third kappa shape index (κ3) is 5.28. The van der Waals surface area contributed by atoms with Gasteiger partial charge in [-0.3, -0.25) is 14.4 Å². The predicted octanol–water partition coefficient (Wildman–Crippen LogP) is 4.32. The van der Waals surface area contributed by atoms with Crippen molar-refractivity contribution >= 4 is 34.9 Å². The molecule has 2 aromatic heterocycles. The van der Waals surface area contributed by atoms with Crippen LogP contribution in [0, 0.1) is 20.8 Å². The first-order valence-electron chi connectivity index (χ1n) is 10.8. The fourth-order valence-electron chi connectivity index (χ4n) is 3.99. The van der Waals surface area contributed by atoms with E-state index in [2.05, 4.69) is 20.4 Å². The molecular weight excluding hydrogens is 442 g/mol. The maximum absolute atomic E-state index is 12.8. The Labute approximate surface area is 198 Å². The predicted molar refractivity (Wildman–Crippen MR) is 130 cm³/mol. The Hall–Kier alpha value is -2.48. The molecule has 168 valence electrons. The lowest BCUT2D eigenvalue weighted by Crippen LogP contribution is -2.47. The normalized spacial score (nSPS) is 15.1. The van der Waals surface area contributed by atoms with Crippen molar-refractivity contribution in [2.75, 3.05) is 26.2 Å². The van der Waals surface area contributed by atoms with Gasteiger partial charge in [-0.1, -0.05) is 29.8 Å². The quantitative estimate of drug-likeness (QED) is 0.504. The molecule has 0 atom stereocenters. The van der Waals surface area contributed by atoms with E-state index in [-0.39, 0.29) is 5.91 Å². The van der Waals surface area contributed by atoms with Crippen LogP contribution >= 0.6 is 22.9 Å². The summed E-state index contributed by atoms with van der Waals surface area (Å²) in [5.74, 6) is 0.0480. The van der Waals surface area contributed by atoms with Crippen LogP contribution in [0.1, 0.15) is 33.2 Å². The van der Waals surface area contributed by atoms with Crippen molar-refractivity contribution < 1.29 is 4.79 Å². The van der Waals surface area contributed by atoms with Gasteiger partial charge in [-0.2, -0.15) is 5.10 Å². The van der Waals surface area contributed by atoms with Gasteiger partial charge in [0.25, 0.3) is 0 Å². The number of carbonyl (C=O) groups is 1. The van der Waals surface area contributed by atoms with Crippen LogP contribution in [0.3, 0.4) is 0 Å². The van der Waals surface area contributed by atoms with Crippen molar-refractivity contribution in [1.29, 1.82) is 0 Å². The van der Waals surface area contributed by atoms with Crippen LogP contribution in [0.25, 0.3) is 6.08 Å². The molecule has 0 radical (unpaired) electrons. The zero-order valence-corrected chi connectivity index (χ0v) is 20.3. The molecule has 32 heavy (non-hydrogen) atoms. The van der Waals surface area contributed by atoms with Gasteiger partial charge in [-0.05, 0) is 38.5 Å². The zero-order chi connectivity index (χ0) is 22.7. The lowest BCUT2D eigenvalue weighted by molar-refractivity contribution is -0.127. The smallest absolute Gasteiger partial charge is 0.246 e. The molecule has 0 N–H and O–H groups in total. The molecule has 0 aliphatic carbocycles. The molecule has 0 unspecified atom stereocenters. The molecule has 1 aromatic carbocycles. The van der Waals surface area contributed by atoms with Crippen molar-refractivity contribution in [3.8, 4) is 0 Å². The zero-order valence-electron chi connectivity index (χ0n) is 18.7. The van der Waals surface area contributed by atoms with Crippen molar-refractivity contribution in [2.24, 2.45) is 0 Å². The van der Waals surface area contributed by atoms with E-state index in [1.165, 1.54) is 0 Å². The maximum Gasteiger partial charge on any atom is 0.246 e. The Bertz CT molecular complexity index is 1130. The first kappa shape index (κ1) is 22.7. The number of hydrogen-bond donors (Lipinski definition) is 0. The second kappa shape index (κ2) is 9.98. The van der Waals surface area contributed by atoms with Gasteiger partial charge in [0.15, 0.2) is 0 Å². The maximum atomic E-state index is 12.8. The van der Waals surface area contributed by atoms with E-state index < -0.39 is 0 Å². The number of thiazole rings is 1. The van der Waals surface area contributed by atoms with Crippen molar-refractivity contribution in [3.63, 3.8) is 0 Å². The summed E-state index contributed by atoms with van der Waals surface area (Å²) >= 11 is 7.99. The van der Waals surface area contributed by atoms with Gasteiger partial charge in [0, 0.05) is 60.5 Å². The van der Waals surface area contributed by atoms with Gasteiger partial charge in [-0.25, -0.2) is 4.98 Å². The van der Waals surface area contributed by atoms with E-state index in [0.29, 0.717) is 6.54 Å². The number of rotatable bonds is 6. The molecule has 8 heteroatoms. The van der Waals surface area contributed by atoms with Gasteiger partial charge >= 0.3 is 0 Å². The average molecular weight is 470 g/mol. The van der Waals surface area contributed by atoms with Crippen LogP contribution in [0.4, 0.5) is 0 Å². The van der Waals surface area contributed by atoms with Crippen molar-refractivity contribution in [1.82, 2.24) is 24.6 Å². The molecule has 3 heterocycles. The van der Waals surface area contributed by atoms with Crippen LogP contribution in [-0.2, 0) is 17.9 Å². The summed E-state index contributed by atoms with van der Waals surface area (Å²) in [6.07, 6.45) is 3.57. The van der Waals surface area contributed by atoms with E-state index >= 15 is 0 Å². The van der Waals surface area contributed by atoms with E-state index in [1.807, 2.05) is 60.7 Å². The number of piperazine rings is 1. The minimum Gasteiger partial charge on any atom is -0.337 e. The SMILES string of the molecule is Cc1nc(CN2CCN(C(=O)/C=C/c3c(C)nn(Cc4ccccc4Cl)c3C)CC2)cs1. The summed E-state index contributed by atoms with van der Waals surface area (Å²) in [4.78, 5) is 21.6. The van der Waals surface area contributed by atoms with Crippen molar-refractivity contribution in [2.45, 2.75) is 33.9 Å². The number of amides is 1. The number of benzene rings is 1. The fourth-order valence-corrected chi connectivity index (χ4v) is 4.79. The van der Waals surface area contributed by atoms with Crippen LogP contribution in [0.15, 0.2) is 35.7 Å². The van der Waals surface area contributed by atoms with E-state index in [1.54, 1.807) is 17.4 Å². The highest BCUT2D eigenvalue weighted by molar-refractivity contribution is 7.09.